The molecule has 110 valence electrons. The predicted octanol–water partition coefficient (Wildman–Crippen LogP) is 3.52. The van der Waals surface area contributed by atoms with E-state index in [0.29, 0.717) is 10.2 Å². The highest BCUT2D eigenvalue weighted by Gasteiger charge is 2.19. The Kier molecular flexibility index (Phi) is 3.99. The number of sulfonamides is 1. The zero-order chi connectivity index (χ0) is 14.9. The fourth-order valence-electron chi connectivity index (χ4n) is 2.62. The van der Waals surface area contributed by atoms with Crippen LogP contribution >= 0.6 is 15.9 Å². The molecule has 1 heterocycles. The summed E-state index contributed by atoms with van der Waals surface area (Å²) in [6.45, 7) is 0. The number of hydrogen-bond donors (Lipinski definition) is 1. The van der Waals surface area contributed by atoms with Gasteiger partial charge in [0.1, 0.15) is 4.90 Å². The second-order valence-corrected chi connectivity index (χ2v) is 7.69. The highest BCUT2D eigenvalue weighted by atomic mass is 79.9. The van der Waals surface area contributed by atoms with E-state index in [2.05, 4.69) is 31.7 Å². The van der Waals surface area contributed by atoms with Crippen LogP contribution < -0.4 is 4.72 Å². The molecular formula is C15H15BrN2O2S. The zero-order valence-electron chi connectivity index (χ0n) is 11.3. The molecule has 0 unspecified atom stereocenters. The Morgan fingerprint density at radius 1 is 1.14 bits per heavy atom. The van der Waals surface area contributed by atoms with Crippen LogP contribution in [0.15, 0.2) is 46.0 Å². The number of aromatic nitrogens is 1. The van der Waals surface area contributed by atoms with Crippen molar-refractivity contribution in [2.75, 3.05) is 4.72 Å². The molecule has 0 bridgehead atoms. The van der Waals surface area contributed by atoms with E-state index >= 15 is 0 Å². The lowest BCUT2D eigenvalue weighted by Crippen LogP contribution is -2.16. The number of nitrogens with zero attached hydrogens (tertiary/aromatic N) is 1. The summed E-state index contributed by atoms with van der Waals surface area (Å²) in [5.41, 5.74) is 3.05. The van der Waals surface area contributed by atoms with E-state index in [-0.39, 0.29) is 4.90 Å². The third-order valence-corrected chi connectivity index (χ3v) is 5.40. The topological polar surface area (TPSA) is 59.1 Å². The summed E-state index contributed by atoms with van der Waals surface area (Å²) < 4.78 is 28.3. The molecule has 0 spiro atoms. The molecule has 0 saturated heterocycles. The number of halogens is 1. The molecule has 1 aromatic carbocycles. The molecule has 1 aromatic heterocycles. The summed E-state index contributed by atoms with van der Waals surface area (Å²) in [5.74, 6) is 0. The second-order valence-electron chi connectivity index (χ2n) is 5.09. The maximum absolute atomic E-state index is 12.5. The molecule has 0 fully saturated rings. The number of aryl methyl sites for hydroxylation is 1. The highest BCUT2D eigenvalue weighted by Crippen LogP contribution is 2.29. The molecule has 0 atom stereocenters. The molecule has 0 saturated carbocycles. The first kappa shape index (κ1) is 14.5. The summed E-state index contributed by atoms with van der Waals surface area (Å²) in [6.07, 6.45) is 7.11. The average Bonchev–Trinajstić information content (AvgIpc) is 2.47. The Hall–Kier alpha value is -1.40. The normalized spacial score (nSPS) is 14.5. The van der Waals surface area contributed by atoms with Gasteiger partial charge in [0.2, 0.25) is 0 Å². The smallest absolute Gasteiger partial charge is 0.263 e. The number of benzene rings is 1. The van der Waals surface area contributed by atoms with Crippen molar-refractivity contribution >= 4 is 31.6 Å². The van der Waals surface area contributed by atoms with Crippen LogP contribution in [0.5, 0.6) is 0 Å². The number of fused-ring (bicyclic) bond motifs is 1. The van der Waals surface area contributed by atoms with E-state index in [1.54, 1.807) is 12.3 Å². The molecule has 3 rings (SSSR count). The fourth-order valence-corrected chi connectivity index (χ4v) is 4.22. The molecule has 1 N–H and O–H groups in total. The quantitative estimate of drug-likeness (QED) is 0.903. The van der Waals surface area contributed by atoms with E-state index in [0.717, 1.165) is 24.8 Å². The predicted molar refractivity (Wildman–Crippen MR) is 85.8 cm³/mol. The average molecular weight is 367 g/mol. The van der Waals surface area contributed by atoms with Crippen molar-refractivity contribution in [1.82, 2.24) is 4.98 Å². The first-order chi connectivity index (χ1) is 10.1. The van der Waals surface area contributed by atoms with E-state index < -0.39 is 10.0 Å². The van der Waals surface area contributed by atoms with Crippen LogP contribution in [0.2, 0.25) is 0 Å². The second kappa shape index (κ2) is 5.77. The lowest BCUT2D eigenvalue weighted by atomic mass is 9.91. The Labute approximate surface area is 132 Å². The first-order valence-corrected chi connectivity index (χ1v) is 9.08. The van der Waals surface area contributed by atoms with Crippen LogP contribution in [-0.4, -0.2) is 13.4 Å². The van der Waals surface area contributed by atoms with Gasteiger partial charge in [0.05, 0.1) is 5.69 Å². The van der Waals surface area contributed by atoms with Crippen molar-refractivity contribution in [1.29, 1.82) is 0 Å². The van der Waals surface area contributed by atoms with Crippen molar-refractivity contribution < 1.29 is 8.42 Å². The van der Waals surface area contributed by atoms with Gasteiger partial charge in [0, 0.05) is 16.9 Å². The van der Waals surface area contributed by atoms with Gasteiger partial charge in [0.25, 0.3) is 10.0 Å². The summed E-state index contributed by atoms with van der Waals surface area (Å²) in [4.78, 5) is 4.07. The van der Waals surface area contributed by atoms with Gasteiger partial charge in [0.15, 0.2) is 0 Å². The van der Waals surface area contributed by atoms with Crippen molar-refractivity contribution in [3.8, 4) is 0 Å². The third-order valence-electron chi connectivity index (χ3n) is 3.63. The molecule has 0 amide bonds. The number of hydrogen-bond acceptors (Lipinski definition) is 3. The van der Waals surface area contributed by atoms with Crippen LogP contribution in [0, 0.1) is 0 Å². The molecule has 0 aliphatic heterocycles. The van der Waals surface area contributed by atoms with Crippen LogP contribution in [0.1, 0.15) is 24.0 Å². The van der Waals surface area contributed by atoms with Crippen LogP contribution in [0.4, 0.5) is 5.69 Å². The van der Waals surface area contributed by atoms with Gasteiger partial charge in [-0.3, -0.25) is 9.71 Å². The molecule has 21 heavy (non-hydrogen) atoms. The molecular weight excluding hydrogens is 352 g/mol. The molecule has 0 radical (unpaired) electrons. The Bertz CT molecular complexity index is 775. The van der Waals surface area contributed by atoms with Gasteiger partial charge in [-0.1, -0.05) is 12.1 Å². The third kappa shape index (κ3) is 3.11. The lowest BCUT2D eigenvalue weighted by molar-refractivity contribution is 0.600. The maximum atomic E-state index is 12.5. The van der Waals surface area contributed by atoms with Crippen LogP contribution in [0.3, 0.4) is 0 Å². The molecule has 6 heteroatoms. The Morgan fingerprint density at radius 3 is 2.76 bits per heavy atom. The minimum absolute atomic E-state index is 0.158. The maximum Gasteiger partial charge on any atom is 0.263 e. The van der Waals surface area contributed by atoms with Crippen LogP contribution in [0.25, 0.3) is 0 Å². The van der Waals surface area contributed by atoms with Gasteiger partial charge >= 0.3 is 0 Å². The minimum Gasteiger partial charge on any atom is -0.279 e. The Balaban J connectivity index is 1.96. The SMILES string of the molecule is O=S(=O)(Nc1cccc2c1CCCC2)c1cncc(Br)c1. The monoisotopic (exact) mass is 366 g/mol. The summed E-state index contributed by atoms with van der Waals surface area (Å²) in [5, 5.41) is 0. The van der Waals surface area contributed by atoms with E-state index in [1.165, 1.54) is 18.2 Å². The van der Waals surface area contributed by atoms with Gasteiger partial charge in [-0.15, -0.1) is 0 Å². The lowest BCUT2D eigenvalue weighted by Gasteiger charge is -2.20. The standard InChI is InChI=1S/C15H15BrN2O2S/c16-12-8-13(10-17-9-12)21(19,20)18-15-7-3-5-11-4-1-2-6-14(11)15/h3,5,7-10,18H,1-2,4,6H2. The van der Waals surface area contributed by atoms with Crippen molar-refractivity contribution in [3.05, 3.63) is 52.3 Å². The fraction of sp³-hybridized carbons (Fsp3) is 0.267. The van der Waals surface area contributed by atoms with E-state index in [1.807, 2.05) is 12.1 Å². The number of anilines is 1. The van der Waals surface area contributed by atoms with E-state index in [9.17, 15) is 8.42 Å². The Morgan fingerprint density at radius 2 is 1.95 bits per heavy atom. The van der Waals surface area contributed by atoms with E-state index in [4.69, 9.17) is 0 Å². The minimum atomic E-state index is -3.61. The zero-order valence-corrected chi connectivity index (χ0v) is 13.7. The first-order valence-electron chi connectivity index (χ1n) is 6.80. The number of rotatable bonds is 3. The van der Waals surface area contributed by atoms with Crippen molar-refractivity contribution in [2.24, 2.45) is 0 Å². The van der Waals surface area contributed by atoms with Gasteiger partial charge in [-0.25, -0.2) is 8.42 Å². The summed E-state index contributed by atoms with van der Waals surface area (Å²) >= 11 is 3.25. The number of pyridine rings is 1. The number of nitrogens with one attached hydrogen (secondary N) is 1. The summed E-state index contributed by atoms with van der Waals surface area (Å²) in [7, 11) is -3.61. The van der Waals surface area contributed by atoms with Gasteiger partial charge < -0.3 is 0 Å². The molecule has 1 aliphatic rings. The molecule has 4 nitrogen and oxygen atoms in total. The van der Waals surface area contributed by atoms with Gasteiger partial charge in [-0.2, -0.15) is 0 Å². The largest absolute Gasteiger partial charge is 0.279 e. The van der Waals surface area contributed by atoms with Crippen molar-refractivity contribution in [2.45, 2.75) is 30.6 Å². The van der Waals surface area contributed by atoms with Crippen LogP contribution in [-0.2, 0) is 22.9 Å². The highest BCUT2D eigenvalue weighted by molar-refractivity contribution is 9.10. The van der Waals surface area contributed by atoms with Crippen molar-refractivity contribution in [3.63, 3.8) is 0 Å². The molecule has 2 aromatic rings. The van der Waals surface area contributed by atoms with Gasteiger partial charge in [-0.05, 0) is 64.9 Å². The summed E-state index contributed by atoms with van der Waals surface area (Å²) in [6, 6.07) is 7.35. The molecule has 1 aliphatic carbocycles.